The van der Waals surface area contributed by atoms with Crippen LogP contribution in [0.15, 0.2) is 57.7 Å². The number of thiophene rings is 1. The predicted octanol–water partition coefficient (Wildman–Crippen LogP) is 4.90. The normalized spacial score (nSPS) is 11.2. The smallest absolute Gasteiger partial charge is 0.345 e. The van der Waals surface area contributed by atoms with Gasteiger partial charge in [0.25, 0.3) is 5.91 Å². The lowest BCUT2D eigenvalue weighted by Gasteiger charge is -2.18. The van der Waals surface area contributed by atoms with Crippen LogP contribution in [0.25, 0.3) is 21.1 Å². The lowest BCUT2D eigenvalue weighted by atomic mass is 10.1. The van der Waals surface area contributed by atoms with Gasteiger partial charge in [-0.05, 0) is 43.7 Å². The fourth-order valence-electron chi connectivity index (χ4n) is 3.13. The fourth-order valence-corrected chi connectivity index (χ4v) is 4.27. The van der Waals surface area contributed by atoms with E-state index in [1.54, 1.807) is 24.1 Å². The molecule has 0 N–H and O–H groups in total. The van der Waals surface area contributed by atoms with Crippen LogP contribution in [-0.2, 0) is 0 Å². The second kappa shape index (κ2) is 6.11. The van der Waals surface area contributed by atoms with Gasteiger partial charge in [-0.1, -0.05) is 29.8 Å². The first-order valence-electron chi connectivity index (χ1n) is 8.26. The van der Waals surface area contributed by atoms with Crippen molar-refractivity contribution in [3.8, 4) is 0 Å². The number of amides is 1. The Morgan fingerprint density at radius 3 is 2.58 bits per heavy atom. The van der Waals surface area contributed by atoms with E-state index in [-0.39, 0.29) is 5.91 Å². The Hall–Kier alpha value is -2.92. The van der Waals surface area contributed by atoms with E-state index in [1.165, 1.54) is 11.3 Å². The molecule has 0 saturated heterocycles. The first kappa shape index (κ1) is 16.5. The maximum Gasteiger partial charge on any atom is 0.345 e. The monoisotopic (exact) mass is 363 g/mol. The van der Waals surface area contributed by atoms with E-state index in [9.17, 15) is 9.59 Å². The van der Waals surface area contributed by atoms with Crippen molar-refractivity contribution in [3.05, 3.63) is 75.0 Å². The van der Waals surface area contributed by atoms with Gasteiger partial charge in [-0.25, -0.2) is 4.79 Å². The summed E-state index contributed by atoms with van der Waals surface area (Å²) in [7, 11) is 1.75. The fraction of sp³-hybridized carbons (Fsp3) is 0.143. The minimum Gasteiger partial charge on any atom is -0.422 e. The molecule has 0 aliphatic heterocycles. The molecule has 4 rings (SSSR count). The molecule has 2 aromatic carbocycles. The van der Waals surface area contributed by atoms with Gasteiger partial charge in [-0.3, -0.25) is 4.79 Å². The first-order valence-corrected chi connectivity index (χ1v) is 9.08. The van der Waals surface area contributed by atoms with Gasteiger partial charge in [-0.15, -0.1) is 11.3 Å². The number of nitrogens with zero attached hydrogens (tertiary/aromatic N) is 1. The largest absolute Gasteiger partial charge is 0.422 e. The van der Waals surface area contributed by atoms with E-state index in [0.29, 0.717) is 15.8 Å². The van der Waals surface area contributed by atoms with E-state index in [1.807, 2.05) is 50.2 Å². The molecule has 0 aliphatic rings. The van der Waals surface area contributed by atoms with Crippen LogP contribution in [0.3, 0.4) is 0 Å². The zero-order valence-electron chi connectivity index (χ0n) is 14.7. The van der Waals surface area contributed by atoms with Crippen LogP contribution in [0.4, 0.5) is 5.69 Å². The number of benzene rings is 2. The topological polar surface area (TPSA) is 50.5 Å². The van der Waals surface area contributed by atoms with Gasteiger partial charge in [0.05, 0.1) is 15.0 Å². The number of para-hydroxylation sites is 1. The van der Waals surface area contributed by atoms with Gasteiger partial charge >= 0.3 is 5.63 Å². The van der Waals surface area contributed by atoms with Crippen LogP contribution in [-0.4, -0.2) is 13.0 Å². The maximum absolute atomic E-state index is 13.0. The number of hydrogen-bond acceptors (Lipinski definition) is 4. The molecule has 1 amide bonds. The van der Waals surface area contributed by atoms with E-state index in [2.05, 4.69) is 0 Å². The minimum absolute atomic E-state index is 0.138. The summed E-state index contributed by atoms with van der Waals surface area (Å²) >= 11 is 1.34. The Kier molecular flexibility index (Phi) is 3.89. The Labute approximate surface area is 154 Å². The highest BCUT2D eigenvalue weighted by Crippen LogP contribution is 2.32. The van der Waals surface area contributed by atoms with Crippen molar-refractivity contribution in [3.63, 3.8) is 0 Å². The third-order valence-corrected chi connectivity index (χ3v) is 5.68. The molecular weight excluding hydrogens is 346 g/mol. The van der Waals surface area contributed by atoms with E-state index in [0.717, 1.165) is 26.9 Å². The van der Waals surface area contributed by atoms with Crippen molar-refractivity contribution >= 4 is 44.0 Å². The number of carbonyl (C=O) groups is 1. The molecule has 0 radical (unpaired) electrons. The SMILES string of the molecule is Cc1ccc2oc(=O)c3cc(C(=O)N(C)c4ccccc4C)sc3c2c1. The molecule has 130 valence electrons. The van der Waals surface area contributed by atoms with Crippen molar-refractivity contribution in [2.45, 2.75) is 13.8 Å². The third kappa shape index (κ3) is 2.61. The summed E-state index contributed by atoms with van der Waals surface area (Å²) in [5.74, 6) is -0.138. The number of hydrogen-bond donors (Lipinski definition) is 0. The zero-order valence-corrected chi connectivity index (χ0v) is 15.5. The number of rotatable bonds is 2. The van der Waals surface area contributed by atoms with Gasteiger partial charge < -0.3 is 9.32 Å². The predicted molar refractivity (Wildman–Crippen MR) is 107 cm³/mol. The summed E-state index contributed by atoms with van der Waals surface area (Å²) in [4.78, 5) is 27.4. The molecule has 26 heavy (non-hydrogen) atoms. The summed E-state index contributed by atoms with van der Waals surface area (Å²) in [6.07, 6.45) is 0. The number of anilines is 1. The summed E-state index contributed by atoms with van der Waals surface area (Å²) < 4.78 is 6.21. The Bertz CT molecular complexity index is 1220. The van der Waals surface area contributed by atoms with Crippen LogP contribution < -0.4 is 10.5 Å². The van der Waals surface area contributed by atoms with Crippen molar-refractivity contribution < 1.29 is 9.21 Å². The number of carbonyl (C=O) groups excluding carboxylic acids is 1. The van der Waals surface area contributed by atoms with E-state index in [4.69, 9.17) is 4.42 Å². The molecule has 0 unspecified atom stereocenters. The average molecular weight is 363 g/mol. The highest BCUT2D eigenvalue weighted by molar-refractivity contribution is 7.21. The molecule has 0 aliphatic carbocycles. The van der Waals surface area contributed by atoms with Crippen LogP contribution in [0.5, 0.6) is 0 Å². The molecule has 0 bridgehead atoms. The first-order chi connectivity index (χ1) is 12.5. The Morgan fingerprint density at radius 2 is 1.81 bits per heavy atom. The zero-order chi connectivity index (χ0) is 18.4. The van der Waals surface area contributed by atoms with Gasteiger partial charge in [-0.2, -0.15) is 0 Å². The second-order valence-corrected chi connectivity index (χ2v) is 7.45. The highest BCUT2D eigenvalue weighted by Gasteiger charge is 2.20. The molecule has 4 nitrogen and oxygen atoms in total. The molecule has 0 fully saturated rings. The summed E-state index contributed by atoms with van der Waals surface area (Å²) in [6.45, 7) is 3.96. The second-order valence-electron chi connectivity index (χ2n) is 6.39. The van der Waals surface area contributed by atoms with Gasteiger partial charge in [0.2, 0.25) is 0 Å². The molecule has 0 atom stereocenters. The van der Waals surface area contributed by atoms with Crippen LogP contribution >= 0.6 is 11.3 Å². The van der Waals surface area contributed by atoms with E-state index >= 15 is 0 Å². The van der Waals surface area contributed by atoms with Crippen LogP contribution in [0.1, 0.15) is 20.8 Å². The number of aryl methyl sites for hydroxylation is 2. The Morgan fingerprint density at radius 1 is 1.04 bits per heavy atom. The van der Waals surface area contributed by atoms with E-state index < -0.39 is 5.63 Å². The molecule has 5 heteroatoms. The van der Waals surface area contributed by atoms with Crippen LogP contribution in [0.2, 0.25) is 0 Å². The molecule has 2 heterocycles. The molecule has 0 saturated carbocycles. The average Bonchev–Trinajstić information content (AvgIpc) is 3.08. The van der Waals surface area contributed by atoms with Crippen molar-refractivity contribution in [1.82, 2.24) is 0 Å². The molecule has 0 spiro atoms. The lowest BCUT2D eigenvalue weighted by Crippen LogP contribution is -2.26. The Balaban J connectivity index is 1.87. The minimum atomic E-state index is -0.412. The summed E-state index contributed by atoms with van der Waals surface area (Å²) in [5.41, 5.74) is 3.07. The van der Waals surface area contributed by atoms with Crippen molar-refractivity contribution in [2.24, 2.45) is 0 Å². The van der Waals surface area contributed by atoms with Crippen molar-refractivity contribution in [2.75, 3.05) is 11.9 Å². The quantitative estimate of drug-likeness (QED) is 0.476. The van der Waals surface area contributed by atoms with Gasteiger partial charge in [0, 0.05) is 18.1 Å². The van der Waals surface area contributed by atoms with Gasteiger partial charge in [0.15, 0.2) is 0 Å². The highest BCUT2D eigenvalue weighted by atomic mass is 32.1. The third-order valence-electron chi connectivity index (χ3n) is 4.53. The summed E-state index contributed by atoms with van der Waals surface area (Å²) in [5, 5.41) is 1.32. The molecule has 4 aromatic rings. The van der Waals surface area contributed by atoms with Crippen LogP contribution in [0, 0.1) is 13.8 Å². The molecular formula is C21H17NO3S. The standard InChI is InChI=1S/C21H17NO3S/c1-12-8-9-17-14(10-12)19-15(21(24)25-17)11-18(26-19)20(23)22(3)16-7-5-4-6-13(16)2/h4-11H,1-3H3. The maximum atomic E-state index is 13.0. The number of fused-ring (bicyclic) bond motifs is 3. The van der Waals surface area contributed by atoms with Gasteiger partial charge in [0.1, 0.15) is 5.58 Å². The molecule has 2 aromatic heterocycles. The summed E-state index contributed by atoms with van der Waals surface area (Å²) in [6, 6.07) is 15.1. The van der Waals surface area contributed by atoms with Crippen molar-refractivity contribution in [1.29, 1.82) is 0 Å². The lowest BCUT2D eigenvalue weighted by molar-refractivity contribution is 0.0997.